The Kier molecular flexibility index (Phi) is 11.3. The van der Waals surface area contributed by atoms with Crippen LogP contribution < -0.4 is 21.3 Å². The topological polar surface area (TPSA) is 256 Å². The molecule has 0 spiro atoms. The molecule has 284 valence electrons. The molecule has 4 N–H and O–H groups in total. The van der Waals surface area contributed by atoms with Crippen LogP contribution in [0.2, 0.25) is 0 Å². The predicted molar refractivity (Wildman–Crippen MR) is 202 cm³/mol. The molecule has 0 radical (unpaired) electrons. The van der Waals surface area contributed by atoms with Crippen LogP contribution in [-0.4, -0.2) is 93.7 Å². The average molecular weight is 766 g/mol. The van der Waals surface area contributed by atoms with Crippen LogP contribution in [0.25, 0.3) is 12.2 Å². The highest BCUT2D eigenvalue weighted by molar-refractivity contribution is 8.18. The molecule has 4 aromatic heterocycles. The second-order valence-corrected chi connectivity index (χ2v) is 14.6. The first-order valence-corrected chi connectivity index (χ1v) is 18.9. The molecule has 0 bridgehead atoms. The average Bonchev–Trinajstić information content (AvgIpc) is 3.88. The summed E-state index contributed by atoms with van der Waals surface area (Å²) in [6, 6.07) is 3.47. The fourth-order valence-electron chi connectivity index (χ4n) is 6.73. The van der Waals surface area contributed by atoms with E-state index in [-0.39, 0.29) is 65.5 Å². The number of carbonyl (C=O) groups excluding carboxylic acids is 4. The number of Topliss-reactive ketones (excluding diaryl/α,β-unsaturated/α-hetero) is 3. The molecule has 55 heavy (non-hydrogen) atoms. The van der Waals surface area contributed by atoms with E-state index in [0.717, 1.165) is 69.3 Å². The first kappa shape index (κ1) is 37.3. The zero-order valence-corrected chi connectivity index (χ0v) is 30.9. The Morgan fingerprint density at radius 1 is 0.782 bits per heavy atom. The third-order valence-corrected chi connectivity index (χ3v) is 10.5. The van der Waals surface area contributed by atoms with E-state index >= 15 is 0 Å². The molecule has 4 aliphatic rings. The van der Waals surface area contributed by atoms with Crippen LogP contribution >= 0.6 is 11.8 Å². The van der Waals surface area contributed by atoms with Crippen molar-refractivity contribution in [2.45, 2.75) is 70.1 Å². The molecular formula is C36H39N13O5S. The summed E-state index contributed by atoms with van der Waals surface area (Å²) < 4.78 is 5.40. The number of nitrogens with zero attached hydrogens (tertiary/aromatic N) is 11. The Morgan fingerprint density at radius 3 is 2.09 bits per heavy atom. The minimum Gasteiger partial charge on any atom is -0.368 e. The summed E-state index contributed by atoms with van der Waals surface area (Å²) in [6.45, 7) is 5.01. The fourth-order valence-corrected chi connectivity index (χ4v) is 7.54. The van der Waals surface area contributed by atoms with E-state index in [1.165, 1.54) is 0 Å². The molecule has 1 atom stereocenters. The summed E-state index contributed by atoms with van der Waals surface area (Å²) >= 11 is 0.983. The highest BCUT2D eigenvalue weighted by Gasteiger charge is 2.29. The maximum Gasteiger partial charge on any atom is 0.231 e. The van der Waals surface area contributed by atoms with E-state index in [4.69, 9.17) is 16.0 Å². The fraction of sp³-hybridized carbons (Fsp3) is 0.417. The number of allylic oxidation sites excluding steroid dienone is 2. The number of rotatable bonds is 7. The number of piperidine rings is 2. The number of aromatic nitrogens is 9. The van der Waals surface area contributed by atoms with Gasteiger partial charge in [0.05, 0.1) is 35.1 Å². The number of anilines is 4. The maximum absolute atomic E-state index is 11.8. The van der Waals surface area contributed by atoms with Gasteiger partial charge in [0, 0.05) is 62.9 Å². The van der Waals surface area contributed by atoms with E-state index < -0.39 is 0 Å². The third-order valence-electron chi connectivity index (χ3n) is 9.52. The minimum atomic E-state index is -0.147. The number of thioether (sulfide) groups is 1. The number of nitrogen functional groups attached to an aromatic ring is 2. The summed E-state index contributed by atoms with van der Waals surface area (Å²) in [5, 5.41) is 3.87. The van der Waals surface area contributed by atoms with Gasteiger partial charge in [-0.05, 0) is 61.7 Å². The van der Waals surface area contributed by atoms with Crippen molar-refractivity contribution < 1.29 is 23.7 Å². The van der Waals surface area contributed by atoms with Crippen molar-refractivity contribution in [3.8, 4) is 0 Å². The molecule has 1 unspecified atom stereocenters. The lowest BCUT2D eigenvalue weighted by Gasteiger charge is -2.31. The van der Waals surface area contributed by atoms with Crippen LogP contribution in [-0.2, 0) is 25.6 Å². The highest BCUT2D eigenvalue weighted by atomic mass is 32.2. The van der Waals surface area contributed by atoms with Crippen molar-refractivity contribution in [1.82, 2.24) is 45.0 Å². The summed E-state index contributed by atoms with van der Waals surface area (Å²) in [4.78, 5) is 85.6. The van der Waals surface area contributed by atoms with Crippen LogP contribution in [0.5, 0.6) is 0 Å². The molecule has 8 rings (SSSR count). The summed E-state index contributed by atoms with van der Waals surface area (Å²) in [5.74, 6) is 3.46. The van der Waals surface area contributed by atoms with Gasteiger partial charge in [-0.15, -0.1) is 0 Å². The Balaban J connectivity index is 0.000000169. The van der Waals surface area contributed by atoms with Crippen molar-refractivity contribution in [3.05, 3.63) is 63.9 Å². The van der Waals surface area contributed by atoms with Crippen molar-refractivity contribution in [2.24, 2.45) is 0 Å². The molecule has 3 saturated heterocycles. The summed E-state index contributed by atoms with van der Waals surface area (Å²) in [6.07, 6.45) is 11.1. The molecule has 3 aliphatic heterocycles. The second-order valence-electron chi connectivity index (χ2n) is 13.5. The van der Waals surface area contributed by atoms with Crippen molar-refractivity contribution in [2.75, 3.05) is 47.4 Å². The lowest BCUT2D eigenvalue weighted by Crippen LogP contribution is -2.35. The normalized spacial score (nSPS) is 20.8. The molecule has 19 heteroatoms. The van der Waals surface area contributed by atoms with Crippen LogP contribution in [0, 0.1) is 0 Å². The third kappa shape index (κ3) is 9.22. The lowest BCUT2D eigenvalue weighted by atomic mass is 9.96. The summed E-state index contributed by atoms with van der Waals surface area (Å²) in [7, 11) is 0. The van der Waals surface area contributed by atoms with Crippen LogP contribution in [0.15, 0.2) is 39.5 Å². The lowest BCUT2D eigenvalue weighted by molar-refractivity contribution is -0.122. The number of nitrogens with two attached hydrogens (primary N) is 2. The van der Waals surface area contributed by atoms with E-state index in [9.17, 15) is 19.2 Å². The predicted octanol–water partition coefficient (Wildman–Crippen LogP) is 2.90. The van der Waals surface area contributed by atoms with Gasteiger partial charge in [0.15, 0.2) is 17.4 Å². The standard InChI is InChI=1S/C18H20N8O2.C18H19N5O3S/c19-16-23-15(24-17(20)25-16)10-2-5-26(6-3-10)18-21-4-1-12(22-18)7-11-8-13(27)9-14(11)28;1-2-15-21-17(26-22-15)11-4-3-7-23(10-11)18-19-6-5-12(20-18)8-14-13(24)9-16(25)27-14/h1,4,7,10H,2-3,5-6,8-9H2,(H4,19,20,23,24,25);5-6,8,11H,2-4,7,9-10H2,1H3/b11-7+;14-8-. The van der Waals surface area contributed by atoms with Gasteiger partial charge in [0.25, 0.3) is 0 Å². The van der Waals surface area contributed by atoms with Gasteiger partial charge in [-0.3, -0.25) is 19.2 Å². The molecule has 1 saturated carbocycles. The van der Waals surface area contributed by atoms with Gasteiger partial charge in [0.2, 0.25) is 34.8 Å². The number of hydrogen-bond donors (Lipinski definition) is 2. The Morgan fingerprint density at radius 2 is 1.47 bits per heavy atom. The van der Waals surface area contributed by atoms with E-state index in [0.29, 0.717) is 52.0 Å². The van der Waals surface area contributed by atoms with Crippen molar-refractivity contribution in [1.29, 1.82) is 0 Å². The number of carbonyl (C=O) groups is 4. The van der Waals surface area contributed by atoms with Crippen molar-refractivity contribution >= 4 is 70.2 Å². The molecule has 0 amide bonds. The van der Waals surface area contributed by atoms with Crippen molar-refractivity contribution in [3.63, 3.8) is 0 Å². The Bertz CT molecular complexity index is 2160. The highest BCUT2D eigenvalue weighted by Crippen LogP contribution is 2.32. The van der Waals surface area contributed by atoms with Gasteiger partial charge >= 0.3 is 0 Å². The summed E-state index contributed by atoms with van der Waals surface area (Å²) in [5.41, 5.74) is 13.1. The largest absolute Gasteiger partial charge is 0.368 e. The molecule has 0 aromatic carbocycles. The van der Waals surface area contributed by atoms with Gasteiger partial charge in [-0.1, -0.05) is 12.1 Å². The van der Waals surface area contributed by atoms with Gasteiger partial charge in [-0.25, -0.2) is 19.9 Å². The molecule has 4 fully saturated rings. The minimum absolute atomic E-state index is 0.0105. The Labute approximate surface area is 319 Å². The van der Waals surface area contributed by atoms with Crippen LogP contribution in [0.3, 0.4) is 0 Å². The number of aryl methyl sites for hydroxylation is 1. The maximum atomic E-state index is 11.8. The second kappa shape index (κ2) is 16.6. The van der Waals surface area contributed by atoms with Crippen LogP contribution in [0.4, 0.5) is 23.8 Å². The quantitative estimate of drug-likeness (QED) is 0.202. The van der Waals surface area contributed by atoms with Gasteiger partial charge in [0.1, 0.15) is 11.6 Å². The van der Waals surface area contributed by atoms with Crippen LogP contribution in [0.1, 0.15) is 92.6 Å². The molecular weight excluding hydrogens is 727 g/mol. The smallest absolute Gasteiger partial charge is 0.231 e. The SMILES string of the molecule is CCc1noc(C2CCCN(c3nccc(/C=C4\SC(=O)CC4=O)n3)C2)n1.Nc1nc(N)nc(C2CCN(c3nccc(/C=C4\CC(=O)CC4=O)n3)CC2)n1. The van der Waals surface area contributed by atoms with E-state index in [2.05, 4.69) is 54.8 Å². The number of hydrogen-bond acceptors (Lipinski definition) is 19. The zero-order valence-electron chi connectivity index (χ0n) is 30.1. The first-order chi connectivity index (χ1) is 26.6. The molecule has 4 aromatic rings. The van der Waals surface area contributed by atoms with Gasteiger partial charge < -0.3 is 25.8 Å². The zero-order chi connectivity index (χ0) is 38.5. The van der Waals surface area contributed by atoms with E-state index in [1.807, 2.05) is 6.92 Å². The molecule has 7 heterocycles. The van der Waals surface area contributed by atoms with E-state index in [1.54, 1.807) is 36.7 Å². The first-order valence-electron chi connectivity index (χ1n) is 18.1. The molecule has 1 aliphatic carbocycles. The monoisotopic (exact) mass is 765 g/mol. The van der Waals surface area contributed by atoms with Gasteiger partial charge in [-0.2, -0.15) is 19.9 Å². The number of ketones is 3. The Hall–Kier alpha value is -5.98. The molecule has 18 nitrogen and oxygen atoms in total.